The van der Waals surface area contributed by atoms with Crippen molar-refractivity contribution in [1.82, 2.24) is 9.80 Å². The molecule has 0 radical (unpaired) electrons. The predicted octanol–water partition coefficient (Wildman–Crippen LogP) is 2.58. The van der Waals surface area contributed by atoms with Gasteiger partial charge >= 0.3 is 0 Å². The molecule has 0 saturated carbocycles. The van der Waals surface area contributed by atoms with Crippen molar-refractivity contribution in [1.29, 1.82) is 0 Å². The Morgan fingerprint density at radius 1 is 1.03 bits per heavy atom. The van der Waals surface area contributed by atoms with Crippen LogP contribution in [0.4, 0.5) is 5.69 Å². The third-order valence-electron chi connectivity index (χ3n) is 5.13. The van der Waals surface area contributed by atoms with Crippen LogP contribution in [0.3, 0.4) is 0 Å². The van der Waals surface area contributed by atoms with Crippen molar-refractivity contribution in [3.63, 3.8) is 0 Å². The van der Waals surface area contributed by atoms with Gasteiger partial charge < -0.3 is 9.64 Å². The topological polar surface area (TPSA) is 70.2 Å². The molecule has 0 N–H and O–H groups in total. The Kier molecular flexibility index (Phi) is 7.56. The summed E-state index contributed by atoms with van der Waals surface area (Å²) >= 11 is 0. The molecule has 31 heavy (non-hydrogen) atoms. The van der Waals surface area contributed by atoms with E-state index >= 15 is 0 Å². The first-order chi connectivity index (χ1) is 14.7. The molecule has 0 unspecified atom stereocenters. The fourth-order valence-corrected chi connectivity index (χ4v) is 4.45. The maximum atomic E-state index is 12.9. The quantitative estimate of drug-likeness (QED) is 0.625. The molecule has 3 rings (SSSR count). The Balaban J connectivity index is 1.63. The van der Waals surface area contributed by atoms with E-state index in [1.54, 1.807) is 29.2 Å². The standard InChI is InChI=1S/C23H31N3O4S/c1-19(2)30-22-11-7-10-21(16-22)26(31(3,28)29)18-23(27)25-14-12-24(13-15-25)17-20-8-5-4-6-9-20/h4-11,16,19H,12-15,17-18H2,1-3H3. The van der Waals surface area contributed by atoms with Crippen molar-refractivity contribution in [3.05, 3.63) is 60.2 Å². The van der Waals surface area contributed by atoms with Gasteiger partial charge in [-0.1, -0.05) is 36.4 Å². The highest BCUT2D eigenvalue weighted by molar-refractivity contribution is 7.92. The average molecular weight is 446 g/mol. The zero-order valence-electron chi connectivity index (χ0n) is 18.4. The Morgan fingerprint density at radius 2 is 1.71 bits per heavy atom. The molecule has 2 aromatic carbocycles. The van der Waals surface area contributed by atoms with Gasteiger partial charge in [0.25, 0.3) is 0 Å². The van der Waals surface area contributed by atoms with Crippen LogP contribution in [0.25, 0.3) is 0 Å². The Hall–Kier alpha value is -2.58. The highest BCUT2D eigenvalue weighted by Gasteiger charge is 2.27. The predicted molar refractivity (Wildman–Crippen MR) is 123 cm³/mol. The van der Waals surface area contributed by atoms with Crippen LogP contribution in [0, 0.1) is 0 Å². The third kappa shape index (κ3) is 6.70. The summed E-state index contributed by atoms with van der Waals surface area (Å²) in [5.74, 6) is 0.378. The summed E-state index contributed by atoms with van der Waals surface area (Å²) in [7, 11) is -3.63. The van der Waals surface area contributed by atoms with Gasteiger partial charge in [-0.05, 0) is 31.5 Å². The molecule has 168 valence electrons. The van der Waals surface area contributed by atoms with E-state index in [9.17, 15) is 13.2 Å². The number of nitrogens with zero attached hydrogens (tertiary/aromatic N) is 3. The van der Waals surface area contributed by atoms with Gasteiger partial charge in [0.05, 0.1) is 18.0 Å². The van der Waals surface area contributed by atoms with Crippen molar-refractivity contribution in [2.24, 2.45) is 0 Å². The van der Waals surface area contributed by atoms with E-state index in [1.807, 2.05) is 32.0 Å². The molecule has 0 atom stereocenters. The Labute approximate surface area is 185 Å². The number of rotatable bonds is 8. The van der Waals surface area contributed by atoms with Crippen molar-refractivity contribution in [3.8, 4) is 5.75 Å². The Bertz CT molecular complexity index is 971. The second kappa shape index (κ2) is 10.2. The third-order valence-corrected chi connectivity index (χ3v) is 6.27. The number of hydrogen-bond acceptors (Lipinski definition) is 5. The van der Waals surface area contributed by atoms with E-state index in [4.69, 9.17) is 4.74 Å². The van der Waals surface area contributed by atoms with E-state index in [0.717, 1.165) is 30.2 Å². The van der Waals surface area contributed by atoms with Gasteiger partial charge in [-0.25, -0.2) is 8.42 Å². The van der Waals surface area contributed by atoms with Gasteiger partial charge in [-0.2, -0.15) is 0 Å². The molecule has 0 spiro atoms. The smallest absolute Gasteiger partial charge is 0.243 e. The molecule has 8 heteroatoms. The lowest BCUT2D eigenvalue weighted by molar-refractivity contribution is -0.131. The summed E-state index contributed by atoms with van der Waals surface area (Å²) in [6.07, 6.45) is 1.09. The first kappa shape index (κ1) is 23.1. The van der Waals surface area contributed by atoms with Gasteiger partial charge in [0.15, 0.2) is 0 Å². The van der Waals surface area contributed by atoms with Crippen LogP contribution in [-0.4, -0.2) is 69.2 Å². The zero-order valence-corrected chi connectivity index (χ0v) is 19.2. The molecule has 1 aliphatic rings. The van der Waals surface area contributed by atoms with Crippen molar-refractivity contribution < 1.29 is 17.9 Å². The summed E-state index contributed by atoms with van der Waals surface area (Å²) in [6.45, 7) is 7.13. The number of ether oxygens (including phenoxy) is 1. The van der Waals surface area contributed by atoms with E-state index in [1.165, 1.54) is 5.56 Å². The van der Waals surface area contributed by atoms with Gasteiger partial charge in [-0.15, -0.1) is 0 Å². The Morgan fingerprint density at radius 3 is 2.32 bits per heavy atom. The highest BCUT2D eigenvalue weighted by atomic mass is 32.2. The maximum absolute atomic E-state index is 12.9. The highest BCUT2D eigenvalue weighted by Crippen LogP contribution is 2.24. The summed E-state index contributed by atoms with van der Waals surface area (Å²) in [5, 5.41) is 0. The monoisotopic (exact) mass is 445 g/mol. The zero-order chi connectivity index (χ0) is 22.4. The molecule has 7 nitrogen and oxygen atoms in total. The summed E-state index contributed by atoms with van der Waals surface area (Å²) in [4.78, 5) is 17.0. The minimum absolute atomic E-state index is 0.0317. The normalized spacial score (nSPS) is 15.2. The van der Waals surface area contributed by atoms with Gasteiger partial charge in [0.2, 0.25) is 15.9 Å². The van der Waals surface area contributed by atoms with Crippen molar-refractivity contribution in [2.45, 2.75) is 26.5 Å². The van der Waals surface area contributed by atoms with Gasteiger partial charge in [0, 0.05) is 38.8 Å². The van der Waals surface area contributed by atoms with E-state index < -0.39 is 10.0 Å². The minimum Gasteiger partial charge on any atom is -0.491 e. The molecule has 1 aliphatic heterocycles. The number of hydrogen-bond donors (Lipinski definition) is 0. The number of anilines is 1. The summed E-state index contributed by atoms with van der Waals surface area (Å²) in [5.41, 5.74) is 1.67. The van der Waals surface area contributed by atoms with E-state index in [-0.39, 0.29) is 18.6 Å². The number of amides is 1. The van der Waals surface area contributed by atoms with Crippen molar-refractivity contribution >= 4 is 21.6 Å². The van der Waals surface area contributed by atoms with Crippen molar-refractivity contribution in [2.75, 3.05) is 43.3 Å². The SMILES string of the molecule is CC(C)Oc1cccc(N(CC(=O)N2CCN(Cc3ccccc3)CC2)S(C)(=O)=O)c1. The van der Waals surface area contributed by atoms with Crippen LogP contribution in [-0.2, 0) is 21.4 Å². The fourth-order valence-electron chi connectivity index (χ4n) is 3.60. The largest absolute Gasteiger partial charge is 0.491 e. The molecule has 1 amide bonds. The van der Waals surface area contributed by atoms with E-state index in [0.29, 0.717) is 24.5 Å². The molecule has 0 aromatic heterocycles. The lowest BCUT2D eigenvalue weighted by atomic mass is 10.2. The second-order valence-electron chi connectivity index (χ2n) is 8.08. The van der Waals surface area contributed by atoms with Crippen LogP contribution >= 0.6 is 0 Å². The maximum Gasteiger partial charge on any atom is 0.243 e. The average Bonchev–Trinajstić information content (AvgIpc) is 2.72. The minimum atomic E-state index is -3.63. The fraction of sp³-hybridized carbons (Fsp3) is 0.435. The molecule has 0 aliphatic carbocycles. The number of carbonyl (C=O) groups is 1. The second-order valence-corrected chi connectivity index (χ2v) is 9.98. The molecule has 0 bridgehead atoms. The molecule has 1 saturated heterocycles. The lowest BCUT2D eigenvalue weighted by Crippen LogP contribution is -2.51. The van der Waals surface area contributed by atoms with Gasteiger partial charge in [0.1, 0.15) is 12.3 Å². The molecular formula is C23H31N3O4S. The van der Waals surface area contributed by atoms with Gasteiger partial charge in [-0.3, -0.25) is 14.0 Å². The number of carbonyl (C=O) groups excluding carboxylic acids is 1. The number of benzene rings is 2. The van der Waals surface area contributed by atoms with Crippen LogP contribution in [0.5, 0.6) is 5.75 Å². The molecule has 1 fully saturated rings. The molecule has 1 heterocycles. The molecular weight excluding hydrogens is 414 g/mol. The van der Waals surface area contributed by atoms with Crippen LogP contribution < -0.4 is 9.04 Å². The summed E-state index contributed by atoms with van der Waals surface area (Å²) < 4.78 is 31.7. The first-order valence-corrected chi connectivity index (χ1v) is 12.4. The number of piperazine rings is 1. The van der Waals surface area contributed by atoms with Crippen LogP contribution in [0.1, 0.15) is 19.4 Å². The van der Waals surface area contributed by atoms with Crippen LogP contribution in [0.2, 0.25) is 0 Å². The lowest BCUT2D eigenvalue weighted by Gasteiger charge is -2.35. The van der Waals surface area contributed by atoms with E-state index in [2.05, 4.69) is 17.0 Å². The molecule has 2 aromatic rings. The number of sulfonamides is 1. The first-order valence-electron chi connectivity index (χ1n) is 10.5. The van der Waals surface area contributed by atoms with Crippen LogP contribution in [0.15, 0.2) is 54.6 Å². The summed E-state index contributed by atoms with van der Waals surface area (Å²) in [6, 6.07) is 17.1.